The Labute approximate surface area is 90.9 Å². The molecule has 1 aliphatic heterocycles. The van der Waals surface area contributed by atoms with Gasteiger partial charge in [0.2, 0.25) is 0 Å². The molecule has 2 heterocycles. The van der Waals surface area contributed by atoms with Gasteiger partial charge in [0.25, 0.3) is 0 Å². The van der Waals surface area contributed by atoms with Gasteiger partial charge in [0.05, 0.1) is 19.5 Å². The Morgan fingerprint density at radius 1 is 1.20 bits per heavy atom. The Kier molecular flexibility index (Phi) is 4.17. The van der Waals surface area contributed by atoms with Crippen LogP contribution in [-0.2, 0) is 11.3 Å². The summed E-state index contributed by atoms with van der Waals surface area (Å²) in [6.07, 6.45) is 8.99. The molecular formula is C11H18N3O. The molecule has 0 aliphatic carbocycles. The molecule has 0 N–H and O–H groups in total. The minimum atomic E-state index is 0.899. The second kappa shape index (κ2) is 5.88. The lowest BCUT2D eigenvalue weighted by molar-refractivity contribution is 0.0371. The van der Waals surface area contributed by atoms with Crippen molar-refractivity contribution in [2.24, 2.45) is 0 Å². The van der Waals surface area contributed by atoms with Crippen molar-refractivity contribution >= 4 is 0 Å². The molecule has 0 bridgehead atoms. The molecule has 0 saturated carbocycles. The maximum absolute atomic E-state index is 5.31. The van der Waals surface area contributed by atoms with Gasteiger partial charge in [-0.1, -0.05) is 0 Å². The fourth-order valence-electron chi connectivity index (χ4n) is 1.83. The zero-order valence-corrected chi connectivity index (χ0v) is 9.06. The van der Waals surface area contributed by atoms with Crippen LogP contribution in [0.25, 0.3) is 0 Å². The number of unbranched alkanes of at least 4 members (excludes halogenated alkanes) is 1. The smallest absolute Gasteiger partial charge is 0.108 e. The van der Waals surface area contributed by atoms with Gasteiger partial charge in [-0.05, 0) is 19.4 Å². The highest BCUT2D eigenvalue weighted by Crippen LogP contribution is 2.01. The highest BCUT2D eigenvalue weighted by Gasteiger charge is 2.08. The predicted octanol–water partition coefficient (Wildman–Crippen LogP) is 0.796. The van der Waals surface area contributed by atoms with E-state index >= 15 is 0 Å². The van der Waals surface area contributed by atoms with Crippen LogP contribution in [0, 0.1) is 6.20 Å². The molecule has 15 heavy (non-hydrogen) atoms. The van der Waals surface area contributed by atoms with Crippen molar-refractivity contribution in [3.05, 3.63) is 18.7 Å². The largest absolute Gasteiger partial charge is 0.379 e. The van der Waals surface area contributed by atoms with Crippen molar-refractivity contribution in [3.8, 4) is 0 Å². The highest BCUT2D eigenvalue weighted by molar-refractivity contribution is 4.71. The van der Waals surface area contributed by atoms with Gasteiger partial charge < -0.3 is 9.30 Å². The molecule has 1 aliphatic rings. The fraction of sp³-hybridized carbons (Fsp3) is 0.727. The van der Waals surface area contributed by atoms with E-state index in [-0.39, 0.29) is 0 Å². The van der Waals surface area contributed by atoms with Gasteiger partial charge in [-0.15, -0.1) is 0 Å². The molecule has 4 heteroatoms. The Morgan fingerprint density at radius 2 is 2.00 bits per heavy atom. The average Bonchev–Trinajstić information content (AvgIpc) is 2.79. The molecule has 2 rings (SSSR count). The van der Waals surface area contributed by atoms with Crippen LogP contribution in [0.3, 0.4) is 0 Å². The van der Waals surface area contributed by atoms with Crippen LogP contribution in [0.4, 0.5) is 0 Å². The zero-order chi connectivity index (χ0) is 10.3. The van der Waals surface area contributed by atoms with Crippen LogP contribution in [0.1, 0.15) is 12.8 Å². The summed E-state index contributed by atoms with van der Waals surface area (Å²) >= 11 is 0. The van der Waals surface area contributed by atoms with E-state index in [9.17, 15) is 0 Å². The number of nitrogens with zero attached hydrogens (tertiary/aromatic N) is 3. The van der Waals surface area contributed by atoms with Crippen molar-refractivity contribution in [2.45, 2.75) is 19.4 Å². The van der Waals surface area contributed by atoms with Crippen LogP contribution >= 0.6 is 0 Å². The summed E-state index contributed by atoms with van der Waals surface area (Å²) in [6, 6.07) is 0. The Morgan fingerprint density at radius 3 is 2.73 bits per heavy atom. The van der Waals surface area contributed by atoms with E-state index < -0.39 is 0 Å². The number of aromatic nitrogens is 2. The number of imidazole rings is 1. The molecule has 1 radical (unpaired) electrons. The van der Waals surface area contributed by atoms with E-state index in [1.807, 2.05) is 12.5 Å². The summed E-state index contributed by atoms with van der Waals surface area (Å²) in [5.74, 6) is 0. The summed E-state index contributed by atoms with van der Waals surface area (Å²) in [6.45, 7) is 6.24. The molecule has 4 nitrogen and oxygen atoms in total. The molecule has 1 aromatic rings. The molecule has 1 aromatic heterocycles. The maximum Gasteiger partial charge on any atom is 0.108 e. The standard InChI is InChI=1S/C11H18N3O/c1(2-5-14-6-3-12-11-14)4-13-7-9-15-10-8-13/h6,11H,1-2,4-5,7-10H2. The van der Waals surface area contributed by atoms with Crippen molar-refractivity contribution < 1.29 is 4.74 Å². The first-order valence-corrected chi connectivity index (χ1v) is 5.63. The Bertz CT molecular complexity index is 255. The number of aryl methyl sites for hydroxylation is 1. The quantitative estimate of drug-likeness (QED) is 0.670. The molecule has 1 fully saturated rings. The SMILES string of the molecule is [c]1cn(CCCCN2CCOCC2)cn1. The maximum atomic E-state index is 5.31. The summed E-state index contributed by atoms with van der Waals surface area (Å²) < 4.78 is 7.39. The topological polar surface area (TPSA) is 30.3 Å². The molecule has 83 valence electrons. The van der Waals surface area contributed by atoms with Crippen LogP contribution < -0.4 is 0 Å². The van der Waals surface area contributed by atoms with Crippen LogP contribution in [0.15, 0.2) is 12.5 Å². The van der Waals surface area contributed by atoms with E-state index in [4.69, 9.17) is 4.74 Å². The van der Waals surface area contributed by atoms with Gasteiger partial charge in [0.15, 0.2) is 0 Å². The molecule has 0 spiro atoms. The molecule has 0 amide bonds. The minimum Gasteiger partial charge on any atom is -0.379 e. The summed E-state index contributed by atoms with van der Waals surface area (Å²) in [5.41, 5.74) is 0. The normalized spacial score (nSPS) is 18.1. The van der Waals surface area contributed by atoms with Crippen LogP contribution in [0.2, 0.25) is 0 Å². The van der Waals surface area contributed by atoms with Crippen LogP contribution in [0.5, 0.6) is 0 Å². The van der Waals surface area contributed by atoms with E-state index in [1.54, 1.807) is 0 Å². The van der Waals surface area contributed by atoms with E-state index in [2.05, 4.69) is 20.6 Å². The lowest BCUT2D eigenvalue weighted by Gasteiger charge is -2.26. The molecule has 0 aromatic carbocycles. The lowest BCUT2D eigenvalue weighted by atomic mass is 10.2. The molecule has 0 unspecified atom stereocenters. The Balaban J connectivity index is 1.54. The van der Waals surface area contributed by atoms with Gasteiger partial charge in [-0.2, -0.15) is 0 Å². The third-order valence-electron chi connectivity index (χ3n) is 2.75. The minimum absolute atomic E-state index is 0.899. The van der Waals surface area contributed by atoms with Crippen molar-refractivity contribution in [3.63, 3.8) is 0 Å². The lowest BCUT2D eigenvalue weighted by Crippen LogP contribution is -2.36. The first-order chi connectivity index (χ1) is 7.45. The summed E-state index contributed by atoms with van der Waals surface area (Å²) in [4.78, 5) is 6.38. The van der Waals surface area contributed by atoms with Gasteiger partial charge in [0, 0.05) is 25.8 Å². The molecular weight excluding hydrogens is 190 g/mol. The average molecular weight is 208 g/mol. The van der Waals surface area contributed by atoms with Crippen LogP contribution in [-0.4, -0.2) is 47.3 Å². The highest BCUT2D eigenvalue weighted by atomic mass is 16.5. The van der Waals surface area contributed by atoms with E-state index in [1.165, 1.54) is 19.4 Å². The van der Waals surface area contributed by atoms with Crippen molar-refractivity contribution in [1.82, 2.24) is 14.5 Å². The first kappa shape index (κ1) is 10.6. The molecule has 0 atom stereocenters. The van der Waals surface area contributed by atoms with Crippen molar-refractivity contribution in [2.75, 3.05) is 32.8 Å². The Hall–Kier alpha value is -0.870. The third-order valence-corrected chi connectivity index (χ3v) is 2.75. The van der Waals surface area contributed by atoms with E-state index in [0.29, 0.717) is 0 Å². The number of morpholine rings is 1. The van der Waals surface area contributed by atoms with Gasteiger partial charge in [-0.3, -0.25) is 4.90 Å². The second-order valence-corrected chi connectivity index (χ2v) is 3.90. The number of ether oxygens (including phenoxy) is 1. The monoisotopic (exact) mass is 208 g/mol. The first-order valence-electron chi connectivity index (χ1n) is 5.63. The molecule has 1 saturated heterocycles. The van der Waals surface area contributed by atoms with Gasteiger partial charge in [-0.25, -0.2) is 4.98 Å². The number of rotatable bonds is 5. The summed E-state index contributed by atoms with van der Waals surface area (Å²) in [7, 11) is 0. The zero-order valence-electron chi connectivity index (χ0n) is 9.06. The fourth-order valence-corrected chi connectivity index (χ4v) is 1.83. The van der Waals surface area contributed by atoms with Crippen molar-refractivity contribution in [1.29, 1.82) is 0 Å². The predicted molar refractivity (Wildman–Crippen MR) is 57.6 cm³/mol. The van der Waals surface area contributed by atoms with Gasteiger partial charge >= 0.3 is 0 Å². The third kappa shape index (κ3) is 3.64. The van der Waals surface area contributed by atoms with Gasteiger partial charge in [0.1, 0.15) is 6.20 Å². The number of hydrogen-bond donors (Lipinski definition) is 0. The number of hydrogen-bond acceptors (Lipinski definition) is 3. The second-order valence-electron chi connectivity index (χ2n) is 3.90. The summed E-state index contributed by atoms with van der Waals surface area (Å²) in [5, 5.41) is 0. The van der Waals surface area contributed by atoms with E-state index in [0.717, 1.165) is 32.8 Å².